The second kappa shape index (κ2) is 9.77. The van der Waals surface area contributed by atoms with Gasteiger partial charge in [-0.3, -0.25) is 19.6 Å². The van der Waals surface area contributed by atoms with Crippen molar-refractivity contribution < 1.29 is 22.7 Å². The highest BCUT2D eigenvalue weighted by molar-refractivity contribution is 6.30. The third kappa shape index (κ3) is 5.45. The van der Waals surface area contributed by atoms with Gasteiger partial charge in [0, 0.05) is 17.6 Å². The van der Waals surface area contributed by atoms with Gasteiger partial charge in [0.05, 0.1) is 23.9 Å². The number of hydrogen-bond donors (Lipinski definition) is 2. The summed E-state index contributed by atoms with van der Waals surface area (Å²) in [5.74, 6) is -2.04. The van der Waals surface area contributed by atoms with E-state index in [4.69, 9.17) is 21.6 Å². The lowest BCUT2D eigenvalue weighted by Gasteiger charge is -2.30. The predicted molar refractivity (Wildman–Crippen MR) is 119 cm³/mol. The molecule has 2 heterocycles. The second-order valence-electron chi connectivity index (χ2n) is 7.80. The number of halogens is 4. The van der Waals surface area contributed by atoms with Crippen LogP contribution in [0.25, 0.3) is 0 Å². The maximum Gasteiger partial charge on any atom is 0.437 e. The number of hydrazine groups is 1. The van der Waals surface area contributed by atoms with Crippen LogP contribution in [0.15, 0.2) is 59.7 Å². The normalized spacial score (nSPS) is 18.0. The first-order valence-electron chi connectivity index (χ1n) is 10.3. The Hall–Kier alpha value is -3.88. The molecule has 0 aliphatic carbocycles. The van der Waals surface area contributed by atoms with Crippen molar-refractivity contribution in [1.29, 1.82) is 5.26 Å². The Morgan fingerprint density at radius 2 is 1.94 bits per heavy atom. The van der Waals surface area contributed by atoms with Crippen LogP contribution in [0.3, 0.4) is 0 Å². The zero-order chi connectivity index (χ0) is 25.2. The molecule has 2 N–H and O–H groups in total. The molecule has 1 fully saturated rings. The molecule has 2 unspecified atom stereocenters. The van der Waals surface area contributed by atoms with Gasteiger partial charge < -0.3 is 4.74 Å². The van der Waals surface area contributed by atoms with Gasteiger partial charge in [0.2, 0.25) is 11.7 Å². The summed E-state index contributed by atoms with van der Waals surface area (Å²) in [6.07, 6.45) is -3.90. The molecule has 1 saturated heterocycles. The highest BCUT2D eigenvalue weighted by atomic mass is 35.5. The third-order valence-corrected chi connectivity index (χ3v) is 5.56. The SMILES string of the molecule is N#Cc1cc(Cl)cc(Oc2c(C(F)(F)F)ncn(CC3CC(c4ccccc4)C(=O)NN3)c2=O)c1. The molecule has 8 nitrogen and oxygen atoms in total. The maximum atomic E-state index is 13.6. The molecule has 4 rings (SSSR count). The summed E-state index contributed by atoms with van der Waals surface area (Å²) < 4.78 is 47.1. The highest BCUT2D eigenvalue weighted by Gasteiger charge is 2.39. The van der Waals surface area contributed by atoms with E-state index in [1.54, 1.807) is 24.3 Å². The lowest BCUT2D eigenvalue weighted by Crippen LogP contribution is -2.54. The van der Waals surface area contributed by atoms with Gasteiger partial charge in [-0.1, -0.05) is 41.9 Å². The molecule has 1 aliphatic heterocycles. The van der Waals surface area contributed by atoms with Gasteiger partial charge in [0.1, 0.15) is 5.75 Å². The molecule has 1 aromatic heterocycles. The van der Waals surface area contributed by atoms with Gasteiger partial charge in [-0.2, -0.15) is 18.4 Å². The highest BCUT2D eigenvalue weighted by Crippen LogP contribution is 2.35. The summed E-state index contributed by atoms with van der Waals surface area (Å²) in [4.78, 5) is 28.8. The second-order valence-corrected chi connectivity index (χ2v) is 8.23. The molecular formula is C23H17ClF3N5O3. The molecule has 180 valence electrons. The first-order chi connectivity index (χ1) is 16.7. The Kier molecular flexibility index (Phi) is 6.77. The molecule has 3 aromatic rings. The number of nitrogens with one attached hydrogen (secondary N) is 2. The minimum absolute atomic E-state index is 0.0411. The average Bonchev–Trinajstić information content (AvgIpc) is 2.82. The summed E-state index contributed by atoms with van der Waals surface area (Å²) in [6.45, 7) is -0.0943. The van der Waals surface area contributed by atoms with E-state index in [2.05, 4.69) is 15.8 Å². The predicted octanol–water partition coefficient (Wildman–Crippen LogP) is 3.76. The number of alkyl halides is 3. The minimum Gasteiger partial charge on any atom is -0.449 e. The molecule has 12 heteroatoms. The van der Waals surface area contributed by atoms with Gasteiger partial charge in [-0.15, -0.1) is 0 Å². The van der Waals surface area contributed by atoms with Crippen LogP contribution in [0.2, 0.25) is 5.02 Å². The molecular weight excluding hydrogens is 487 g/mol. The zero-order valence-corrected chi connectivity index (χ0v) is 18.6. The van der Waals surface area contributed by atoms with E-state index >= 15 is 0 Å². The molecule has 2 atom stereocenters. The monoisotopic (exact) mass is 503 g/mol. The summed E-state index contributed by atoms with van der Waals surface area (Å²) in [6, 6.07) is 14.0. The molecule has 1 amide bonds. The van der Waals surface area contributed by atoms with Crippen LogP contribution >= 0.6 is 11.6 Å². The Labute approximate surface area is 201 Å². The van der Waals surface area contributed by atoms with Crippen molar-refractivity contribution >= 4 is 17.5 Å². The molecule has 0 saturated carbocycles. The largest absolute Gasteiger partial charge is 0.449 e. The number of hydrogen-bond acceptors (Lipinski definition) is 6. The molecule has 35 heavy (non-hydrogen) atoms. The number of carbonyl (C=O) groups excluding carboxylic acids is 1. The van der Waals surface area contributed by atoms with Crippen LogP contribution in [0.5, 0.6) is 11.5 Å². The zero-order valence-electron chi connectivity index (χ0n) is 17.8. The molecule has 2 aromatic carbocycles. The van der Waals surface area contributed by atoms with Gasteiger partial charge in [-0.05, 0) is 30.2 Å². The fraction of sp³-hybridized carbons (Fsp3) is 0.217. The topological polar surface area (TPSA) is 109 Å². The van der Waals surface area contributed by atoms with E-state index in [0.29, 0.717) is 6.42 Å². The first-order valence-corrected chi connectivity index (χ1v) is 10.7. The summed E-state index contributed by atoms with van der Waals surface area (Å²) in [5, 5.41) is 9.13. The standard InChI is InChI=1S/C23H17ClF3N5O3/c24-15-6-13(10-28)7-17(8-15)35-19-20(23(25,26)27)29-12-32(22(19)34)11-16-9-18(21(33)31-30-16)14-4-2-1-3-5-14/h1-8,12,16,18,30H,9,11H2,(H,31,33). The smallest absolute Gasteiger partial charge is 0.437 e. The fourth-order valence-corrected chi connectivity index (χ4v) is 3.96. The summed E-state index contributed by atoms with van der Waals surface area (Å²) in [5.41, 5.74) is 3.54. The number of aromatic nitrogens is 2. The Bertz CT molecular complexity index is 1360. The number of amides is 1. The van der Waals surface area contributed by atoms with Crippen molar-refractivity contribution in [3.05, 3.63) is 87.1 Å². The van der Waals surface area contributed by atoms with E-state index in [1.165, 1.54) is 12.1 Å². The Morgan fingerprint density at radius 3 is 2.63 bits per heavy atom. The van der Waals surface area contributed by atoms with Gasteiger partial charge in [-0.25, -0.2) is 10.4 Å². The third-order valence-electron chi connectivity index (χ3n) is 5.34. The Balaban J connectivity index is 1.65. The van der Waals surface area contributed by atoms with Crippen molar-refractivity contribution in [1.82, 2.24) is 20.4 Å². The molecule has 0 spiro atoms. The van der Waals surface area contributed by atoms with E-state index < -0.39 is 35.1 Å². The van der Waals surface area contributed by atoms with Crippen LogP contribution in [-0.2, 0) is 17.5 Å². The van der Waals surface area contributed by atoms with Crippen molar-refractivity contribution in [2.75, 3.05) is 0 Å². The lowest BCUT2D eigenvalue weighted by atomic mass is 9.90. The van der Waals surface area contributed by atoms with Gasteiger partial charge in [0.25, 0.3) is 5.56 Å². The van der Waals surface area contributed by atoms with Crippen molar-refractivity contribution in [3.8, 4) is 17.6 Å². The van der Waals surface area contributed by atoms with Crippen LogP contribution < -0.4 is 21.1 Å². The quantitative estimate of drug-likeness (QED) is 0.549. The van der Waals surface area contributed by atoms with E-state index in [9.17, 15) is 22.8 Å². The number of nitriles is 1. The van der Waals surface area contributed by atoms with Crippen LogP contribution in [-0.4, -0.2) is 21.5 Å². The number of benzene rings is 2. The van der Waals surface area contributed by atoms with Crippen LogP contribution in [0, 0.1) is 11.3 Å². The number of rotatable bonds is 5. The molecule has 1 aliphatic rings. The number of carbonyl (C=O) groups is 1. The minimum atomic E-state index is -4.97. The average molecular weight is 504 g/mol. The van der Waals surface area contributed by atoms with Crippen molar-refractivity contribution in [2.45, 2.75) is 31.1 Å². The van der Waals surface area contributed by atoms with Crippen LogP contribution in [0.4, 0.5) is 13.2 Å². The molecule has 0 bridgehead atoms. The van der Waals surface area contributed by atoms with E-state index in [1.807, 2.05) is 12.1 Å². The molecule has 0 radical (unpaired) electrons. The number of ether oxygens (including phenoxy) is 1. The fourth-order valence-electron chi connectivity index (χ4n) is 3.74. The van der Waals surface area contributed by atoms with Crippen molar-refractivity contribution in [2.24, 2.45) is 0 Å². The number of nitrogens with zero attached hydrogens (tertiary/aromatic N) is 3. The Morgan fingerprint density at radius 1 is 1.20 bits per heavy atom. The maximum absolute atomic E-state index is 13.6. The van der Waals surface area contributed by atoms with E-state index in [-0.39, 0.29) is 28.8 Å². The first kappa shape index (κ1) is 24.3. The van der Waals surface area contributed by atoms with Crippen molar-refractivity contribution in [3.63, 3.8) is 0 Å². The summed E-state index contributed by atoms with van der Waals surface area (Å²) >= 11 is 5.91. The van der Waals surface area contributed by atoms with Gasteiger partial charge in [0.15, 0.2) is 5.69 Å². The summed E-state index contributed by atoms with van der Waals surface area (Å²) in [7, 11) is 0. The van der Waals surface area contributed by atoms with E-state index in [0.717, 1.165) is 22.5 Å². The van der Waals surface area contributed by atoms with Gasteiger partial charge >= 0.3 is 6.18 Å². The van der Waals surface area contributed by atoms with Crippen LogP contribution in [0.1, 0.15) is 29.2 Å². The lowest BCUT2D eigenvalue weighted by molar-refractivity contribution is -0.142.